The Bertz CT molecular complexity index is 567. The molecule has 0 aliphatic heterocycles. The second-order valence-electron chi connectivity index (χ2n) is 4.87. The van der Waals surface area contributed by atoms with Crippen LogP contribution in [0.1, 0.15) is 34.7 Å². The van der Waals surface area contributed by atoms with Gasteiger partial charge >= 0.3 is 0 Å². The van der Waals surface area contributed by atoms with Crippen molar-refractivity contribution in [1.82, 2.24) is 5.32 Å². The van der Waals surface area contributed by atoms with Crippen LogP contribution >= 0.6 is 22.9 Å². The monoisotopic (exact) mass is 311 g/mol. The third-order valence-corrected chi connectivity index (χ3v) is 4.61. The van der Waals surface area contributed by atoms with Gasteiger partial charge in [0.15, 0.2) is 0 Å². The highest BCUT2D eigenvalue weighted by Crippen LogP contribution is 2.28. The Hall–Kier alpha value is -0.900. The summed E-state index contributed by atoms with van der Waals surface area (Å²) >= 11 is 7.62. The zero-order chi connectivity index (χ0) is 14.5. The fourth-order valence-electron chi connectivity index (χ4n) is 2.16. The standard InChI is InChI=1S/C16H19ClFNS/c1-3-9-19-14(15-8-7-11(2)20-15)10-12-5-4-6-13(17)16(12)18/h4-8,14,19H,3,9-10H2,1-2H3. The lowest BCUT2D eigenvalue weighted by Gasteiger charge is -2.18. The minimum atomic E-state index is -0.300. The SMILES string of the molecule is CCCNC(Cc1cccc(Cl)c1F)c1ccc(C)s1. The maximum atomic E-state index is 14.0. The first-order valence-electron chi connectivity index (χ1n) is 6.84. The normalized spacial score (nSPS) is 12.6. The molecule has 0 amide bonds. The molecule has 1 heterocycles. The van der Waals surface area contributed by atoms with Gasteiger partial charge in [0.25, 0.3) is 0 Å². The fourth-order valence-corrected chi connectivity index (χ4v) is 3.31. The Morgan fingerprint density at radius 1 is 1.30 bits per heavy atom. The molecule has 1 unspecified atom stereocenters. The lowest BCUT2D eigenvalue weighted by molar-refractivity contribution is 0.519. The van der Waals surface area contributed by atoms with Gasteiger partial charge < -0.3 is 5.32 Å². The first kappa shape index (κ1) is 15.5. The van der Waals surface area contributed by atoms with Crippen LogP contribution in [0, 0.1) is 12.7 Å². The van der Waals surface area contributed by atoms with Crippen LogP contribution < -0.4 is 5.32 Å². The van der Waals surface area contributed by atoms with Crippen molar-refractivity contribution in [3.8, 4) is 0 Å². The van der Waals surface area contributed by atoms with Gasteiger partial charge in [-0.1, -0.05) is 30.7 Å². The van der Waals surface area contributed by atoms with Crippen LogP contribution in [0.25, 0.3) is 0 Å². The molecule has 1 nitrogen and oxygen atoms in total. The van der Waals surface area contributed by atoms with Crippen molar-refractivity contribution in [3.05, 3.63) is 56.5 Å². The third kappa shape index (κ3) is 3.81. The number of rotatable bonds is 6. The number of hydrogen-bond acceptors (Lipinski definition) is 2. The van der Waals surface area contributed by atoms with Crippen molar-refractivity contribution in [2.24, 2.45) is 0 Å². The van der Waals surface area contributed by atoms with Crippen LogP contribution in [0.3, 0.4) is 0 Å². The van der Waals surface area contributed by atoms with Gasteiger partial charge in [0.05, 0.1) is 5.02 Å². The molecule has 0 radical (unpaired) electrons. The minimum absolute atomic E-state index is 0.140. The number of hydrogen-bond donors (Lipinski definition) is 1. The van der Waals surface area contributed by atoms with E-state index in [1.807, 2.05) is 6.07 Å². The lowest BCUT2D eigenvalue weighted by Crippen LogP contribution is -2.23. The number of benzene rings is 1. The average molecular weight is 312 g/mol. The number of nitrogens with one attached hydrogen (secondary N) is 1. The highest BCUT2D eigenvalue weighted by atomic mass is 35.5. The lowest BCUT2D eigenvalue weighted by atomic mass is 10.0. The Kier molecular flexibility index (Phi) is 5.58. The molecule has 4 heteroatoms. The van der Waals surface area contributed by atoms with E-state index in [0.717, 1.165) is 13.0 Å². The van der Waals surface area contributed by atoms with Crippen LogP contribution in [0.15, 0.2) is 30.3 Å². The molecule has 2 rings (SSSR count). The quantitative estimate of drug-likeness (QED) is 0.779. The maximum absolute atomic E-state index is 14.0. The van der Waals surface area contributed by atoms with E-state index in [9.17, 15) is 4.39 Å². The summed E-state index contributed by atoms with van der Waals surface area (Å²) in [7, 11) is 0. The van der Waals surface area contributed by atoms with E-state index < -0.39 is 0 Å². The average Bonchev–Trinajstić information content (AvgIpc) is 2.86. The van der Waals surface area contributed by atoms with Crippen LogP contribution in [0.5, 0.6) is 0 Å². The fraction of sp³-hybridized carbons (Fsp3) is 0.375. The Labute approximate surface area is 128 Å². The molecule has 20 heavy (non-hydrogen) atoms. The molecular weight excluding hydrogens is 293 g/mol. The molecule has 0 aliphatic rings. The molecule has 1 aromatic heterocycles. The molecule has 0 spiro atoms. The summed E-state index contributed by atoms with van der Waals surface area (Å²) in [6.45, 7) is 5.14. The summed E-state index contributed by atoms with van der Waals surface area (Å²) in [5, 5.41) is 3.69. The zero-order valence-corrected chi connectivity index (χ0v) is 13.3. The Morgan fingerprint density at radius 3 is 2.75 bits per heavy atom. The van der Waals surface area contributed by atoms with Gasteiger partial charge in [0, 0.05) is 15.8 Å². The van der Waals surface area contributed by atoms with Gasteiger partial charge in [-0.3, -0.25) is 0 Å². The molecule has 0 aliphatic carbocycles. The molecule has 0 bridgehead atoms. The Morgan fingerprint density at radius 2 is 2.10 bits per heavy atom. The number of halogens is 2. The van der Waals surface area contributed by atoms with Crippen molar-refractivity contribution in [2.45, 2.75) is 32.7 Å². The van der Waals surface area contributed by atoms with E-state index >= 15 is 0 Å². The van der Waals surface area contributed by atoms with Gasteiger partial charge in [-0.15, -0.1) is 11.3 Å². The number of aryl methyl sites for hydroxylation is 1. The van der Waals surface area contributed by atoms with Crippen molar-refractivity contribution >= 4 is 22.9 Å². The summed E-state index contributed by atoms with van der Waals surface area (Å²) in [4.78, 5) is 2.52. The molecule has 0 fully saturated rings. The van der Waals surface area contributed by atoms with Crippen molar-refractivity contribution in [3.63, 3.8) is 0 Å². The van der Waals surface area contributed by atoms with Crippen molar-refractivity contribution in [1.29, 1.82) is 0 Å². The van der Waals surface area contributed by atoms with Crippen molar-refractivity contribution < 1.29 is 4.39 Å². The van der Waals surface area contributed by atoms with Gasteiger partial charge in [-0.25, -0.2) is 4.39 Å². The summed E-state index contributed by atoms with van der Waals surface area (Å²) in [5.41, 5.74) is 0.664. The van der Waals surface area contributed by atoms with Gasteiger partial charge in [-0.2, -0.15) is 0 Å². The molecule has 1 N–H and O–H groups in total. The van der Waals surface area contributed by atoms with E-state index in [-0.39, 0.29) is 16.9 Å². The Balaban J connectivity index is 2.21. The van der Waals surface area contributed by atoms with Gasteiger partial charge in [0.2, 0.25) is 0 Å². The summed E-state index contributed by atoms with van der Waals surface area (Å²) in [5.74, 6) is -0.300. The van der Waals surface area contributed by atoms with E-state index in [1.165, 1.54) is 9.75 Å². The van der Waals surface area contributed by atoms with E-state index in [2.05, 4.69) is 31.3 Å². The van der Waals surface area contributed by atoms with Gasteiger partial charge in [-0.05, 0) is 50.1 Å². The maximum Gasteiger partial charge on any atom is 0.145 e. The van der Waals surface area contributed by atoms with Crippen molar-refractivity contribution in [2.75, 3.05) is 6.54 Å². The van der Waals surface area contributed by atoms with E-state index in [1.54, 1.807) is 23.5 Å². The molecule has 2 aromatic rings. The highest BCUT2D eigenvalue weighted by molar-refractivity contribution is 7.12. The molecule has 1 atom stereocenters. The summed E-state index contributed by atoms with van der Waals surface area (Å²) in [6, 6.07) is 9.57. The minimum Gasteiger partial charge on any atom is -0.309 e. The van der Waals surface area contributed by atoms with Crippen LogP contribution in [-0.2, 0) is 6.42 Å². The molecular formula is C16H19ClFNS. The van der Waals surface area contributed by atoms with Crippen LogP contribution in [0.4, 0.5) is 4.39 Å². The summed E-state index contributed by atoms with van der Waals surface area (Å²) in [6.07, 6.45) is 1.67. The number of thiophene rings is 1. The van der Waals surface area contributed by atoms with E-state index in [4.69, 9.17) is 11.6 Å². The first-order chi connectivity index (χ1) is 9.61. The predicted octanol–water partition coefficient (Wildman–Crippen LogP) is 5.13. The van der Waals surface area contributed by atoms with Crippen LogP contribution in [-0.4, -0.2) is 6.54 Å². The smallest absolute Gasteiger partial charge is 0.145 e. The second kappa shape index (κ2) is 7.21. The first-order valence-corrected chi connectivity index (χ1v) is 8.04. The molecule has 0 saturated carbocycles. The molecule has 0 saturated heterocycles. The molecule has 108 valence electrons. The van der Waals surface area contributed by atoms with Crippen LogP contribution in [0.2, 0.25) is 5.02 Å². The predicted molar refractivity (Wildman–Crippen MR) is 85.2 cm³/mol. The zero-order valence-electron chi connectivity index (χ0n) is 11.7. The summed E-state index contributed by atoms with van der Waals surface area (Å²) < 4.78 is 14.0. The molecule has 1 aromatic carbocycles. The highest BCUT2D eigenvalue weighted by Gasteiger charge is 2.16. The van der Waals surface area contributed by atoms with E-state index in [0.29, 0.717) is 12.0 Å². The largest absolute Gasteiger partial charge is 0.309 e. The third-order valence-electron chi connectivity index (χ3n) is 3.20. The topological polar surface area (TPSA) is 12.0 Å². The van der Waals surface area contributed by atoms with Gasteiger partial charge in [0.1, 0.15) is 5.82 Å². The second-order valence-corrected chi connectivity index (χ2v) is 6.60.